The first-order chi connectivity index (χ1) is 8.79. The average Bonchev–Trinajstić information content (AvgIpc) is 2.32. The van der Waals surface area contributed by atoms with Crippen LogP contribution in [-0.2, 0) is 4.79 Å². The van der Waals surface area contributed by atoms with Crippen molar-refractivity contribution < 1.29 is 18.0 Å². The van der Waals surface area contributed by atoms with Gasteiger partial charge in [-0.1, -0.05) is 13.3 Å². The molecule has 0 radical (unpaired) electrons. The van der Waals surface area contributed by atoms with E-state index in [0.717, 1.165) is 25.7 Å². The molecular weight excluding hydrogens is 257 g/mol. The lowest BCUT2D eigenvalue weighted by Gasteiger charge is -2.30. The third kappa shape index (κ3) is 6.27. The first kappa shape index (κ1) is 16.3. The predicted octanol–water partition coefficient (Wildman–Crippen LogP) is 2.60. The van der Waals surface area contributed by atoms with Gasteiger partial charge in [0.15, 0.2) is 0 Å². The molecule has 0 bridgehead atoms. The van der Waals surface area contributed by atoms with E-state index in [4.69, 9.17) is 5.73 Å². The van der Waals surface area contributed by atoms with E-state index >= 15 is 0 Å². The van der Waals surface area contributed by atoms with Crippen molar-refractivity contribution in [2.24, 2.45) is 17.6 Å². The first-order valence-electron chi connectivity index (χ1n) is 6.89. The summed E-state index contributed by atoms with van der Waals surface area (Å²) in [5.41, 5.74) is 5.88. The second kappa shape index (κ2) is 7.12. The summed E-state index contributed by atoms with van der Waals surface area (Å²) in [4.78, 5) is 11.8. The Morgan fingerprint density at radius 3 is 2.68 bits per heavy atom. The van der Waals surface area contributed by atoms with Crippen LogP contribution < -0.4 is 11.1 Å². The van der Waals surface area contributed by atoms with Gasteiger partial charge in [-0.25, -0.2) is 0 Å². The Bertz CT molecular complexity index is 294. The number of hydrogen-bond donors (Lipinski definition) is 2. The maximum Gasteiger partial charge on any atom is 0.389 e. The largest absolute Gasteiger partial charge is 0.389 e. The molecule has 0 aliphatic heterocycles. The minimum atomic E-state index is -4.15. The highest BCUT2D eigenvalue weighted by molar-refractivity contribution is 5.78. The number of rotatable bonds is 5. The van der Waals surface area contributed by atoms with E-state index in [9.17, 15) is 18.0 Å². The average molecular weight is 280 g/mol. The molecule has 19 heavy (non-hydrogen) atoms. The van der Waals surface area contributed by atoms with Gasteiger partial charge < -0.3 is 11.1 Å². The topological polar surface area (TPSA) is 55.1 Å². The van der Waals surface area contributed by atoms with E-state index in [1.165, 1.54) is 0 Å². The highest BCUT2D eigenvalue weighted by Crippen LogP contribution is 2.29. The molecule has 0 aromatic carbocycles. The lowest BCUT2D eigenvalue weighted by atomic mass is 9.78. The molecule has 0 heterocycles. The van der Waals surface area contributed by atoms with Gasteiger partial charge in [0.2, 0.25) is 5.91 Å². The van der Waals surface area contributed by atoms with Gasteiger partial charge in [0, 0.05) is 24.9 Å². The lowest BCUT2D eigenvalue weighted by Crippen LogP contribution is -2.38. The van der Waals surface area contributed by atoms with Crippen LogP contribution in [0.5, 0.6) is 0 Å². The van der Waals surface area contributed by atoms with Crippen LogP contribution in [-0.4, -0.2) is 24.7 Å². The summed E-state index contributed by atoms with van der Waals surface area (Å²) >= 11 is 0. The van der Waals surface area contributed by atoms with Gasteiger partial charge >= 0.3 is 6.18 Å². The molecule has 0 saturated heterocycles. The summed E-state index contributed by atoms with van der Waals surface area (Å²) in [6, 6.07) is 0.152. The van der Waals surface area contributed by atoms with Gasteiger partial charge in [-0.2, -0.15) is 13.2 Å². The number of carbonyl (C=O) groups is 1. The highest BCUT2D eigenvalue weighted by Gasteiger charge is 2.29. The summed E-state index contributed by atoms with van der Waals surface area (Å²) in [6.45, 7) is 1.92. The fraction of sp³-hybridized carbons (Fsp3) is 0.923. The molecule has 3 atom stereocenters. The lowest BCUT2D eigenvalue weighted by molar-refractivity contribution is -0.136. The van der Waals surface area contributed by atoms with Crippen molar-refractivity contribution >= 4 is 5.91 Å². The summed E-state index contributed by atoms with van der Waals surface area (Å²) < 4.78 is 35.8. The maximum atomic E-state index is 11.9. The van der Waals surface area contributed by atoms with Crippen LogP contribution in [0.2, 0.25) is 0 Å². The molecule has 1 amide bonds. The van der Waals surface area contributed by atoms with Crippen molar-refractivity contribution in [3.8, 4) is 0 Å². The molecule has 112 valence electrons. The predicted molar refractivity (Wildman–Crippen MR) is 67.4 cm³/mol. The molecular formula is C13H23F3N2O. The van der Waals surface area contributed by atoms with Crippen LogP contribution >= 0.6 is 0 Å². The van der Waals surface area contributed by atoms with Crippen molar-refractivity contribution in [1.29, 1.82) is 0 Å². The maximum absolute atomic E-state index is 11.9. The number of halogens is 3. The molecule has 1 rings (SSSR count). The number of amides is 1. The molecule has 1 saturated carbocycles. The van der Waals surface area contributed by atoms with Crippen molar-refractivity contribution in [3.63, 3.8) is 0 Å². The Morgan fingerprint density at radius 1 is 1.42 bits per heavy atom. The number of alkyl halides is 3. The summed E-state index contributed by atoms with van der Waals surface area (Å²) in [7, 11) is 0. The Balaban J connectivity index is 2.25. The Kier molecular flexibility index (Phi) is 6.10. The van der Waals surface area contributed by atoms with E-state index in [-0.39, 0.29) is 36.8 Å². The van der Waals surface area contributed by atoms with Crippen molar-refractivity contribution in [1.82, 2.24) is 5.32 Å². The monoisotopic (exact) mass is 280 g/mol. The number of carbonyl (C=O) groups excluding carboxylic acids is 1. The van der Waals surface area contributed by atoms with Crippen LogP contribution in [0.1, 0.15) is 45.4 Å². The van der Waals surface area contributed by atoms with Crippen LogP contribution in [0.25, 0.3) is 0 Å². The van der Waals surface area contributed by atoms with Gasteiger partial charge in [0.25, 0.3) is 0 Å². The van der Waals surface area contributed by atoms with Crippen LogP contribution in [0.4, 0.5) is 13.2 Å². The van der Waals surface area contributed by atoms with Gasteiger partial charge in [0.1, 0.15) is 0 Å². The molecule has 3 unspecified atom stereocenters. The standard InChI is InChI=1S/C13H23F3N2O/c1-9(10-4-2-5-11(17)8-10)12(19)18-7-3-6-13(14,15)16/h9-11H,2-8,17H2,1H3,(H,18,19). The van der Waals surface area contributed by atoms with E-state index in [0.29, 0.717) is 0 Å². The zero-order valence-corrected chi connectivity index (χ0v) is 11.3. The normalized spacial score (nSPS) is 25.9. The first-order valence-corrected chi connectivity index (χ1v) is 6.89. The third-order valence-corrected chi connectivity index (χ3v) is 3.81. The van der Waals surface area contributed by atoms with Gasteiger partial charge in [-0.3, -0.25) is 4.79 Å². The van der Waals surface area contributed by atoms with Gasteiger partial charge in [-0.15, -0.1) is 0 Å². The minimum absolute atomic E-state index is 0.0634. The molecule has 3 N–H and O–H groups in total. The molecule has 0 aromatic heterocycles. The Labute approximate surface area is 112 Å². The zero-order valence-electron chi connectivity index (χ0n) is 11.3. The molecule has 1 aliphatic rings. The molecule has 0 aromatic rings. The SMILES string of the molecule is CC(C(=O)NCCCC(F)(F)F)C1CCCC(N)C1. The number of nitrogens with one attached hydrogen (secondary N) is 1. The third-order valence-electron chi connectivity index (χ3n) is 3.81. The van der Waals surface area contributed by atoms with E-state index < -0.39 is 12.6 Å². The molecule has 1 fully saturated rings. The molecule has 0 spiro atoms. The smallest absolute Gasteiger partial charge is 0.356 e. The van der Waals surface area contributed by atoms with Crippen molar-refractivity contribution in [2.45, 2.75) is 57.7 Å². The Hall–Kier alpha value is -0.780. The van der Waals surface area contributed by atoms with Crippen LogP contribution in [0.3, 0.4) is 0 Å². The van der Waals surface area contributed by atoms with Crippen LogP contribution in [0, 0.1) is 11.8 Å². The molecule has 1 aliphatic carbocycles. The van der Waals surface area contributed by atoms with Gasteiger partial charge in [0.05, 0.1) is 0 Å². The summed E-state index contributed by atoms with van der Waals surface area (Å²) in [5, 5.41) is 2.59. The van der Waals surface area contributed by atoms with Gasteiger partial charge in [-0.05, 0) is 31.6 Å². The molecule has 3 nitrogen and oxygen atoms in total. The zero-order chi connectivity index (χ0) is 14.5. The van der Waals surface area contributed by atoms with E-state index in [1.54, 1.807) is 0 Å². The summed E-state index contributed by atoms with van der Waals surface area (Å²) in [5.74, 6) is -0.0649. The van der Waals surface area contributed by atoms with E-state index in [1.807, 2.05) is 6.92 Å². The highest BCUT2D eigenvalue weighted by atomic mass is 19.4. The number of hydrogen-bond acceptors (Lipinski definition) is 2. The van der Waals surface area contributed by atoms with E-state index in [2.05, 4.69) is 5.32 Å². The van der Waals surface area contributed by atoms with Crippen molar-refractivity contribution in [3.05, 3.63) is 0 Å². The number of nitrogens with two attached hydrogens (primary N) is 1. The van der Waals surface area contributed by atoms with Crippen molar-refractivity contribution in [2.75, 3.05) is 6.54 Å². The van der Waals surface area contributed by atoms with Crippen LogP contribution in [0.15, 0.2) is 0 Å². The second-order valence-electron chi connectivity index (χ2n) is 5.49. The quantitative estimate of drug-likeness (QED) is 0.761. The second-order valence-corrected chi connectivity index (χ2v) is 5.49. The molecule has 6 heteroatoms. The minimum Gasteiger partial charge on any atom is -0.356 e. The summed E-state index contributed by atoms with van der Waals surface area (Å²) in [6.07, 6.45) is -1.23. The fourth-order valence-corrected chi connectivity index (χ4v) is 2.60. The fourth-order valence-electron chi connectivity index (χ4n) is 2.60. The Morgan fingerprint density at radius 2 is 2.11 bits per heavy atom.